The second kappa shape index (κ2) is 6.42. The van der Waals surface area contributed by atoms with Crippen LogP contribution in [-0.4, -0.2) is 20.9 Å². The molecule has 6 heteroatoms. The zero-order valence-corrected chi connectivity index (χ0v) is 15.5. The van der Waals surface area contributed by atoms with Gasteiger partial charge in [0.1, 0.15) is 4.83 Å². The number of allylic oxidation sites excluding steroid dienone is 1. The van der Waals surface area contributed by atoms with Gasteiger partial charge in [-0.2, -0.15) is 0 Å². The summed E-state index contributed by atoms with van der Waals surface area (Å²) >= 11 is 3.20. The van der Waals surface area contributed by atoms with Crippen LogP contribution in [0.2, 0.25) is 0 Å². The maximum atomic E-state index is 13.1. The van der Waals surface area contributed by atoms with Gasteiger partial charge >= 0.3 is 0 Å². The maximum Gasteiger partial charge on any atom is 0.263 e. The van der Waals surface area contributed by atoms with Crippen LogP contribution in [0.1, 0.15) is 37.6 Å². The monoisotopic (exact) mass is 350 g/mol. The highest BCUT2D eigenvalue weighted by Crippen LogP contribution is 2.38. The van der Waals surface area contributed by atoms with Crippen LogP contribution in [0.4, 0.5) is 0 Å². The lowest BCUT2D eigenvalue weighted by atomic mass is 9.90. The second-order valence-electron chi connectivity index (χ2n) is 5.98. The highest BCUT2D eigenvalue weighted by molar-refractivity contribution is 7.99. The SMILES string of the molecule is C=CCn1c(SCC)nc2sc3c(c2c1=O)CC(C)(CC)OC3. The summed E-state index contributed by atoms with van der Waals surface area (Å²) in [5, 5.41) is 1.57. The zero-order chi connectivity index (χ0) is 16.6. The van der Waals surface area contributed by atoms with Gasteiger partial charge in [0.05, 0.1) is 17.6 Å². The molecule has 0 amide bonds. The van der Waals surface area contributed by atoms with Gasteiger partial charge < -0.3 is 4.74 Å². The smallest absolute Gasteiger partial charge is 0.263 e. The zero-order valence-electron chi connectivity index (χ0n) is 13.8. The summed E-state index contributed by atoms with van der Waals surface area (Å²) < 4.78 is 7.76. The predicted octanol–water partition coefficient (Wildman–Crippen LogP) is 4.00. The first-order chi connectivity index (χ1) is 11.0. The molecule has 0 bridgehead atoms. The van der Waals surface area contributed by atoms with Gasteiger partial charge in [0.25, 0.3) is 5.56 Å². The van der Waals surface area contributed by atoms with E-state index in [0.717, 1.165) is 44.4 Å². The summed E-state index contributed by atoms with van der Waals surface area (Å²) in [6, 6.07) is 0. The third-order valence-electron chi connectivity index (χ3n) is 4.39. The van der Waals surface area contributed by atoms with Crippen LogP contribution < -0.4 is 5.56 Å². The summed E-state index contributed by atoms with van der Waals surface area (Å²) in [5.41, 5.74) is 1.01. The lowest BCUT2D eigenvalue weighted by molar-refractivity contribution is -0.0543. The highest BCUT2D eigenvalue weighted by atomic mass is 32.2. The molecule has 1 unspecified atom stereocenters. The Morgan fingerprint density at radius 2 is 2.30 bits per heavy atom. The molecular formula is C17H22N2O2S2. The van der Waals surface area contributed by atoms with Gasteiger partial charge in [-0.3, -0.25) is 9.36 Å². The minimum absolute atomic E-state index is 0.0590. The molecule has 0 fully saturated rings. The number of hydrogen-bond acceptors (Lipinski definition) is 5. The molecule has 124 valence electrons. The number of aromatic nitrogens is 2. The number of rotatable bonds is 5. The summed E-state index contributed by atoms with van der Waals surface area (Å²) in [6.45, 7) is 11.2. The molecule has 1 aliphatic rings. The van der Waals surface area contributed by atoms with Crippen molar-refractivity contribution in [2.45, 2.75) is 57.5 Å². The lowest BCUT2D eigenvalue weighted by Gasteiger charge is -2.32. The number of thiophene rings is 1. The van der Waals surface area contributed by atoms with E-state index in [1.807, 2.05) is 0 Å². The standard InChI is InChI=1S/C17H22N2O2S2/c1-5-8-19-15(20)13-11-9-17(4,6-2)21-10-12(11)23-14(13)18-16(19)22-7-3/h5H,1,6-10H2,2-4H3. The fraction of sp³-hybridized carbons (Fsp3) is 0.529. The topological polar surface area (TPSA) is 44.1 Å². The molecule has 0 aliphatic carbocycles. The Morgan fingerprint density at radius 3 is 2.96 bits per heavy atom. The molecule has 0 saturated carbocycles. The molecule has 0 N–H and O–H groups in total. The van der Waals surface area contributed by atoms with Crippen molar-refractivity contribution in [1.29, 1.82) is 0 Å². The Balaban J connectivity index is 2.23. The van der Waals surface area contributed by atoms with E-state index in [1.54, 1.807) is 33.7 Å². The van der Waals surface area contributed by atoms with E-state index >= 15 is 0 Å². The molecule has 0 aromatic carbocycles. The molecule has 23 heavy (non-hydrogen) atoms. The van der Waals surface area contributed by atoms with Crippen LogP contribution in [0, 0.1) is 0 Å². The first kappa shape index (κ1) is 16.7. The van der Waals surface area contributed by atoms with Gasteiger partial charge in [-0.25, -0.2) is 4.98 Å². The van der Waals surface area contributed by atoms with Crippen LogP contribution in [0.5, 0.6) is 0 Å². The molecule has 2 aromatic rings. The third kappa shape index (κ3) is 2.88. The van der Waals surface area contributed by atoms with Gasteiger partial charge in [-0.1, -0.05) is 31.7 Å². The Labute approximate surface area is 144 Å². The summed E-state index contributed by atoms with van der Waals surface area (Å²) in [6.07, 6.45) is 3.47. The molecule has 0 radical (unpaired) electrons. The van der Waals surface area contributed by atoms with Crippen molar-refractivity contribution in [1.82, 2.24) is 9.55 Å². The molecule has 3 rings (SSSR count). The molecule has 4 nitrogen and oxygen atoms in total. The number of thioether (sulfide) groups is 1. The molecule has 0 saturated heterocycles. The highest BCUT2D eigenvalue weighted by Gasteiger charge is 2.33. The molecule has 2 aromatic heterocycles. The minimum atomic E-state index is -0.187. The van der Waals surface area contributed by atoms with E-state index in [9.17, 15) is 4.79 Å². The van der Waals surface area contributed by atoms with Crippen molar-refractivity contribution in [3.05, 3.63) is 33.4 Å². The number of hydrogen-bond donors (Lipinski definition) is 0. The molecule has 0 spiro atoms. The van der Waals surface area contributed by atoms with Crippen LogP contribution in [0.25, 0.3) is 10.2 Å². The average Bonchev–Trinajstić information content (AvgIpc) is 2.88. The molecule has 1 atom stereocenters. The minimum Gasteiger partial charge on any atom is -0.369 e. The second-order valence-corrected chi connectivity index (χ2v) is 8.30. The first-order valence-corrected chi connectivity index (χ1v) is 9.76. The van der Waals surface area contributed by atoms with E-state index in [4.69, 9.17) is 9.72 Å². The fourth-order valence-corrected chi connectivity index (χ4v) is 4.77. The van der Waals surface area contributed by atoms with Gasteiger partial charge in [-0.15, -0.1) is 17.9 Å². The number of fused-ring (bicyclic) bond motifs is 3. The first-order valence-electron chi connectivity index (χ1n) is 7.95. The quantitative estimate of drug-likeness (QED) is 0.464. The van der Waals surface area contributed by atoms with Gasteiger partial charge in [-0.05, 0) is 24.7 Å². The van der Waals surface area contributed by atoms with Crippen molar-refractivity contribution >= 4 is 33.3 Å². The molecule has 1 aliphatic heterocycles. The van der Waals surface area contributed by atoms with Crippen molar-refractivity contribution < 1.29 is 4.74 Å². The van der Waals surface area contributed by atoms with Gasteiger partial charge in [0, 0.05) is 17.8 Å². The molecular weight excluding hydrogens is 328 g/mol. The fourth-order valence-electron chi connectivity index (χ4n) is 2.89. The van der Waals surface area contributed by atoms with Crippen molar-refractivity contribution in [2.75, 3.05) is 5.75 Å². The largest absolute Gasteiger partial charge is 0.369 e. The van der Waals surface area contributed by atoms with Crippen molar-refractivity contribution in [3.63, 3.8) is 0 Å². The van der Waals surface area contributed by atoms with Crippen LogP contribution in [-0.2, 0) is 24.3 Å². The van der Waals surface area contributed by atoms with Crippen LogP contribution >= 0.6 is 23.1 Å². The Kier molecular flexibility index (Phi) is 4.67. The van der Waals surface area contributed by atoms with Crippen LogP contribution in [0.15, 0.2) is 22.6 Å². The van der Waals surface area contributed by atoms with Gasteiger partial charge in [0.15, 0.2) is 5.16 Å². The summed E-state index contributed by atoms with van der Waals surface area (Å²) in [7, 11) is 0. The normalized spacial score (nSPS) is 20.7. The average molecular weight is 351 g/mol. The lowest BCUT2D eigenvalue weighted by Crippen LogP contribution is -2.34. The van der Waals surface area contributed by atoms with E-state index in [0.29, 0.717) is 13.2 Å². The van der Waals surface area contributed by atoms with Gasteiger partial charge in [0.2, 0.25) is 0 Å². The number of nitrogens with zero attached hydrogens (tertiary/aromatic N) is 2. The number of ether oxygens (including phenoxy) is 1. The maximum absolute atomic E-state index is 13.1. The van der Waals surface area contributed by atoms with E-state index in [1.165, 1.54) is 0 Å². The Bertz CT molecular complexity index is 809. The van der Waals surface area contributed by atoms with E-state index < -0.39 is 0 Å². The Morgan fingerprint density at radius 1 is 1.52 bits per heavy atom. The van der Waals surface area contributed by atoms with E-state index in [-0.39, 0.29) is 11.2 Å². The third-order valence-corrected chi connectivity index (χ3v) is 6.35. The van der Waals surface area contributed by atoms with E-state index in [2.05, 4.69) is 27.4 Å². The summed E-state index contributed by atoms with van der Waals surface area (Å²) in [4.78, 5) is 19.8. The predicted molar refractivity (Wildman–Crippen MR) is 97.7 cm³/mol. The molecule has 3 heterocycles. The summed E-state index contributed by atoms with van der Waals surface area (Å²) in [5.74, 6) is 0.886. The van der Waals surface area contributed by atoms with Crippen molar-refractivity contribution in [2.24, 2.45) is 0 Å². The van der Waals surface area contributed by atoms with Crippen molar-refractivity contribution in [3.8, 4) is 0 Å². The Hall–Kier alpha value is -1.11. The van der Waals surface area contributed by atoms with Crippen LogP contribution in [0.3, 0.4) is 0 Å².